The number of rotatable bonds is 3. The summed E-state index contributed by atoms with van der Waals surface area (Å²) in [7, 11) is 0. The molecule has 3 unspecified atom stereocenters. The third kappa shape index (κ3) is 2.78. The van der Waals surface area contributed by atoms with Crippen molar-refractivity contribution in [1.29, 1.82) is 0 Å². The van der Waals surface area contributed by atoms with Crippen LogP contribution in [0.15, 0.2) is 0 Å². The van der Waals surface area contributed by atoms with Crippen molar-refractivity contribution in [3.63, 3.8) is 0 Å². The maximum atomic E-state index is 6.08. The lowest BCUT2D eigenvalue weighted by molar-refractivity contribution is 0.256. The van der Waals surface area contributed by atoms with Gasteiger partial charge < -0.3 is 5.73 Å². The van der Waals surface area contributed by atoms with Gasteiger partial charge >= 0.3 is 0 Å². The highest BCUT2D eigenvalue weighted by molar-refractivity contribution is 4.78. The first-order chi connectivity index (χ1) is 5.74. The standard InChI is InChI=1S/C11H23N/c1-3-9(2)8-10-6-4-5-7-11(10)12/h9-11H,3-8,12H2,1-2H3. The van der Waals surface area contributed by atoms with Crippen LogP contribution in [-0.2, 0) is 0 Å². The van der Waals surface area contributed by atoms with Gasteiger partial charge in [0.15, 0.2) is 0 Å². The Hall–Kier alpha value is -0.0400. The molecule has 0 heterocycles. The van der Waals surface area contributed by atoms with Gasteiger partial charge in [0.1, 0.15) is 0 Å². The van der Waals surface area contributed by atoms with Crippen molar-refractivity contribution in [3.8, 4) is 0 Å². The van der Waals surface area contributed by atoms with E-state index in [1.807, 2.05) is 0 Å². The Kier molecular flexibility index (Phi) is 4.07. The monoisotopic (exact) mass is 169 g/mol. The van der Waals surface area contributed by atoms with Crippen LogP contribution in [0, 0.1) is 11.8 Å². The molecule has 1 rings (SSSR count). The summed E-state index contributed by atoms with van der Waals surface area (Å²) in [4.78, 5) is 0. The molecule has 12 heavy (non-hydrogen) atoms. The maximum Gasteiger partial charge on any atom is 0.00672 e. The lowest BCUT2D eigenvalue weighted by Crippen LogP contribution is -2.33. The van der Waals surface area contributed by atoms with Gasteiger partial charge in [0.2, 0.25) is 0 Å². The number of hydrogen-bond acceptors (Lipinski definition) is 1. The maximum absolute atomic E-state index is 6.08. The molecule has 1 aliphatic rings. The van der Waals surface area contributed by atoms with Gasteiger partial charge in [-0.15, -0.1) is 0 Å². The molecule has 0 bridgehead atoms. The van der Waals surface area contributed by atoms with Crippen LogP contribution in [0.5, 0.6) is 0 Å². The largest absolute Gasteiger partial charge is 0.327 e. The Morgan fingerprint density at radius 2 is 2.00 bits per heavy atom. The second kappa shape index (κ2) is 4.86. The van der Waals surface area contributed by atoms with Gasteiger partial charge in [-0.25, -0.2) is 0 Å². The summed E-state index contributed by atoms with van der Waals surface area (Å²) < 4.78 is 0. The zero-order chi connectivity index (χ0) is 8.97. The van der Waals surface area contributed by atoms with Gasteiger partial charge in [-0.3, -0.25) is 0 Å². The Labute approximate surface area is 76.7 Å². The third-order valence-electron chi connectivity index (χ3n) is 3.37. The first-order valence-electron chi connectivity index (χ1n) is 5.49. The topological polar surface area (TPSA) is 26.0 Å². The van der Waals surface area contributed by atoms with E-state index in [2.05, 4.69) is 13.8 Å². The van der Waals surface area contributed by atoms with Crippen LogP contribution in [0.2, 0.25) is 0 Å². The molecule has 0 aromatic carbocycles. The van der Waals surface area contributed by atoms with Crippen LogP contribution in [0.4, 0.5) is 0 Å². The van der Waals surface area contributed by atoms with Crippen LogP contribution in [0.3, 0.4) is 0 Å². The van der Waals surface area contributed by atoms with Crippen LogP contribution >= 0.6 is 0 Å². The average Bonchev–Trinajstić information content (AvgIpc) is 2.09. The zero-order valence-corrected chi connectivity index (χ0v) is 8.55. The normalized spacial score (nSPS) is 33.2. The van der Waals surface area contributed by atoms with E-state index in [0.29, 0.717) is 6.04 Å². The molecule has 0 aromatic rings. The van der Waals surface area contributed by atoms with Crippen molar-refractivity contribution >= 4 is 0 Å². The fraction of sp³-hybridized carbons (Fsp3) is 1.00. The van der Waals surface area contributed by atoms with E-state index in [-0.39, 0.29) is 0 Å². The molecule has 0 aromatic heterocycles. The lowest BCUT2D eigenvalue weighted by atomic mass is 9.79. The van der Waals surface area contributed by atoms with Crippen molar-refractivity contribution in [1.82, 2.24) is 0 Å². The van der Waals surface area contributed by atoms with Crippen molar-refractivity contribution in [2.24, 2.45) is 17.6 Å². The summed E-state index contributed by atoms with van der Waals surface area (Å²) >= 11 is 0. The molecule has 1 heteroatoms. The number of nitrogens with two attached hydrogens (primary N) is 1. The molecular weight excluding hydrogens is 146 g/mol. The minimum absolute atomic E-state index is 0.507. The molecule has 2 N–H and O–H groups in total. The van der Waals surface area contributed by atoms with Gasteiger partial charge in [-0.2, -0.15) is 0 Å². The van der Waals surface area contributed by atoms with Gasteiger partial charge in [0.25, 0.3) is 0 Å². The average molecular weight is 169 g/mol. The molecule has 1 nitrogen and oxygen atoms in total. The van der Waals surface area contributed by atoms with Crippen molar-refractivity contribution in [2.45, 2.75) is 58.4 Å². The summed E-state index contributed by atoms with van der Waals surface area (Å²) in [5.41, 5.74) is 6.08. The summed E-state index contributed by atoms with van der Waals surface area (Å²) in [6.07, 6.45) is 8.08. The molecule has 0 spiro atoms. The minimum Gasteiger partial charge on any atom is -0.327 e. The van der Waals surface area contributed by atoms with E-state index >= 15 is 0 Å². The molecule has 1 saturated carbocycles. The summed E-state index contributed by atoms with van der Waals surface area (Å²) in [5, 5.41) is 0. The van der Waals surface area contributed by atoms with Gasteiger partial charge in [-0.1, -0.05) is 33.1 Å². The van der Waals surface area contributed by atoms with E-state index in [4.69, 9.17) is 5.73 Å². The van der Waals surface area contributed by atoms with E-state index in [1.165, 1.54) is 38.5 Å². The second-order valence-corrected chi connectivity index (χ2v) is 4.46. The fourth-order valence-electron chi connectivity index (χ4n) is 2.21. The first-order valence-corrected chi connectivity index (χ1v) is 5.49. The Bertz CT molecular complexity index is 122. The minimum atomic E-state index is 0.507. The summed E-state index contributed by atoms with van der Waals surface area (Å²) in [6, 6.07) is 0.507. The van der Waals surface area contributed by atoms with Crippen LogP contribution in [0.1, 0.15) is 52.4 Å². The Morgan fingerprint density at radius 3 is 2.58 bits per heavy atom. The Morgan fingerprint density at radius 1 is 1.33 bits per heavy atom. The van der Waals surface area contributed by atoms with Crippen LogP contribution in [-0.4, -0.2) is 6.04 Å². The van der Waals surface area contributed by atoms with E-state index in [0.717, 1.165) is 11.8 Å². The van der Waals surface area contributed by atoms with Gasteiger partial charge in [0, 0.05) is 6.04 Å². The quantitative estimate of drug-likeness (QED) is 0.690. The highest BCUT2D eigenvalue weighted by Crippen LogP contribution is 2.29. The predicted octanol–water partition coefficient (Wildman–Crippen LogP) is 2.94. The third-order valence-corrected chi connectivity index (χ3v) is 3.37. The Balaban J connectivity index is 2.28. The SMILES string of the molecule is CCC(C)CC1CCCCC1N. The van der Waals surface area contributed by atoms with Crippen LogP contribution < -0.4 is 5.73 Å². The van der Waals surface area contributed by atoms with Crippen molar-refractivity contribution in [3.05, 3.63) is 0 Å². The molecule has 0 saturated heterocycles. The molecule has 1 aliphatic carbocycles. The van der Waals surface area contributed by atoms with E-state index in [9.17, 15) is 0 Å². The van der Waals surface area contributed by atoms with E-state index < -0.39 is 0 Å². The molecule has 1 fully saturated rings. The van der Waals surface area contributed by atoms with Gasteiger partial charge in [-0.05, 0) is 31.1 Å². The smallest absolute Gasteiger partial charge is 0.00672 e. The highest BCUT2D eigenvalue weighted by Gasteiger charge is 2.22. The fourth-order valence-corrected chi connectivity index (χ4v) is 2.21. The summed E-state index contributed by atoms with van der Waals surface area (Å²) in [5.74, 6) is 1.70. The van der Waals surface area contributed by atoms with Crippen molar-refractivity contribution < 1.29 is 0 Å². The second-order valence-electron chi connectivity index (χ2n) is 4.46. The molecular formula is C11H23N. The summed E-state index contributed by atoms with van der Waals surface area (Å²) in [6.45, 7) is 4.63. The molecule has 0 aliphatic heterocycles. The van der Waals surface area contributed by atoms with E-state index in [1.54, 1.807) is 0 Å². The molecule has 0 radical (unpaired) electrons. The number of hydrogen-bond donors (Lipinski definition) is 1. The molecule has 3 atom stereocenters. The lowest BCUT2D eigenvalue weighted by Gasteiger charge is -2.30. The van der Waals surface area contributed by atoms with Crippen LogP contribution in [0.25, 0.3) is 0 Å². The molecule has 0 amide bonds. The van der Waals surface area contributed by atoms with Crippen molar-refractivity contribution in [2.75, 3.05) is 0 Å². The predicted molar refractivity (Wildman–Crippen MR) is 54.0 cm³/mol. The first kappa shape index (κ1) is 10.0. The molecule has 72 valence electrons. The van der Waals surface area contributed by atoms with Gasteiger partial charge in [0.05, 0.1) is 0 Å². The zero-order valence-electron chi connectivity index (χ0n) is 8.55. The highest BCUT2D eigenvalue weighted by atomic mass is 14.7.